The van der Waals surface area contributed by atoms with E-state index in [0.29, 0.717) is 51.1 Å². The molecule has 0 unspecified atom stereocenters. The molecule has 19 heteroatoms. The minimum absolute atomic E-state index is 0.0352. The molecule has 1 saturated heterocycles. The van der Waals surface area contributed by atoms with E-state index in [4.69, 9.17) is 18.9 Å². The zero-order chi connectivity index (χ0) is 55.1. The summed E-state index contributed by atoms with van der Waals surface area (Å²) in [5.74, 6) is -9.56. The van der Waals surface area contributed by atoms with Crippen LogP contribution in [0.25, 0.3) is 10.8 Å². The Balaban J connectivity index is 1.48. The van der Waals surface area contributed by atoms with Gasteiger partial charge in [0.15, 0.2) is 5.75 Å². The molecular formula is C55H74N4O15. The van der Waals surface area contributed by atoms with Crippen LogP contribution in [0.5, 0.6) is 23.0 Å². The van der Waals surface area contributed by atoms with Crippen molar-refractivity contribution in [2.45, 2.75) is 113 Å². The maximum absolute atomic E-state index is 14.6. The number of ketones is 2. The van der Waals surface area contributed by atoms with Gasteiger partial charge < -0.3 is 59.4 Å². The van der Waals surface area contributed by atoms with Crippen LogP contribution < -0.4 is 10.1 Å². The van der Waals surface area contributed by atoms with Crippen LogP contribution in [0.4, 0.5) is 5.69 Å². The zero-order valence-corrected chi connectivity index (χ0v) is 44.3. The third-order valence-electron chi connectivity index (χ3n) is 14.8. The van der Waals surface area contributed by atoms with Gasteiger partial charge in [-0.25, -0.2) is 0 Å². The number of aldehydes is 2. The Bertz CT molecular complexity index is 2600. The first kappa shape index (κ1) is 58.3. The Morgan fingerprint density at radius 2 is 1.58 bits per heavy atom. The number of aliphatic hydroxyl groups excluding tert-OH is 2. The second kappa shape index (κ2) is 24.2. The van der Waals surface area contributed by atoms with E-state index >= 15 is 0 Å². The smallest absolute Gasteiger partial charge is 0.312 e. The van der Waals surface area contributed by atoms with E-state index in [1.807, 2.05) is 13.8 Å². The van der Waals surface area contributed by atoms with E-state index < -0.39 is 94.0 Å². The van der Waals surface area contributed by atoms with Crippen LogP contribution in [0.2, 0.25) is 0 Å². The Hall–Kier alpha value is -6.57. The largest absolute Gasteiger partial charge is 0.507 e. The number of hydrazone groups is 1. The minimum Gasteiger partial charge on any atom is -0.507 e. The molecule has 9 atom stereocenters. The van der Waals surface area contributed by atoms with Gasteiger partial charge in [0.05, 0.1) is 58.6 Å². The SMILES string of the molecule is C=C(CC(C)(C)C(=O)CC(C=O)C=O)OCCN1CCN(/N=C\c2c3c(O)c4c(O)c(C)c5c(c4c2O)C(=O)[C@@](C)(O/C=C/[C@H](C)[C@@H](C)[C@@H](OC(C)=O)[C@H](C)[C@H](O)[C@H](C)[C@@H](O)[C@@H](C)/C=C/C=C(/C)C(=O)N3)O5)CC1. The molecule has 19 nitrogen and oxygen atoms in total. The number of allylic oxidation sites excluding steroid dienone is 4. The number of benzene rings is 2. The van der Waals surface area contributed by atoms with E-state index in [0.717, 1.165) is 0 Å². The number of aromatic hydroxyl groups is 3. The molecule has 404 valence electrons. The van der Waals surface area contributed by atoms with Gasteiger partial charge in [-0.05, 0) is 31.8 Å². The number of nitrogens with zero attached hydrogens (tertiary/aromatic N) is 3. The number of aliphatic hydroxyl groups is 2. The van der Waals surface area contributed by atoms with Crippen LogP contribution in [0.15, 0.2) is 53.6 Å². The highest BCUT2D eigenvalue weighted by atomic mass is 16.7. The van der Waals surface area contributed by atoms with Crippen molar-refractivity contribution in [3.8, 4) is 23.0 Å². The molecule has 74 heavy (non-hydrogen) atoms. The quantitative estimate of drug-likeness (QED) is 0.0232. The predicted molar refractivity (Wildman–Crippen MR) is 277 cm³/mol. The number of hydrogen-bond acceptors (Lipinski definition) is 18. The number of phenolic OH excluding ortho intramolecular Hbond substituents is 3. The van der Waals surface area contributed by atoms with Gasteiger partial charge in [0.25, 0.3) is 11.7 Å². The van der Waals surface area contributed by atoms with Crippen molar-refractivity contribution in [2.75, 3.05) is 44.6 Å². The average molecular weight is 1030 g/mol. The van der Waals surface area contributed by atoms with Crippen molar-refractivity contribution >= 4 is 58.7 Å². The molecule has 1 fully saturated rings. The van der Waals surface area contributed by atoms with E-state index in [1.165, 1.54) is 46.2 Å². The molecule has 0 aromatic heterocycles. The topological polar surface area (TPSA) is 271 Å². The lowest BCUT2D eigenvalue weighted by atomic mass is 9.77. The molecule has 2 aromatic carbocycles. The molecule has 4 aliphatic heterocycles. The number of amides is 1. The van der Waals surface area contributed by atoms with Crippen molar-refractivity contribution in [1.29, 1.82) is 0 Å². The molecule has 6 rings (SSSR count). The van der Waals surface area contributed by atoms with Gasteiger partial charge in [-0.3, -0.25) is 29.1 Å². The summed E-state index contributed by atoms with van der Waals surface area (Å²) in [5, 5.41) is 67.5. The highest BCUT2D eigenvalue weighted by Crippen LogP contribution is 2.55. The van der Waals surface area contributed by atoms with Crippen LogP contribution in [0, 0.1) is 47.8 Å². The van der Waals surface area contributed by atoms with Gasteiger partial charge in [-0.2, -0.15) is 5.10 Å². The van der Waals surface area contributed by atoms with Crippen molar-refractivity contribution in [3.63, 3.8) is 0 Å². The number of Topliss-reactive ketones (excluding diaryl/α,β-unsaturated/α-hetero) is 2. The van der Waals surface area contributed by atoms with Gasteiger partial charge in [0.2, 0.25) is 0 Å². The highest BCUT2D eigenvalue weighted by Gasteiger charge is 2.50. The fraction of sp³-hybridized carbons (Fsp3) is 0.545. The molecule has 4 aliphatic rings. The number of phenols is 3. The normalized spacial score (nSPS) is 28.0. The summed E-state index contributed by atoms with van der Waals surface area (Å²) in [6.07, 6.45) is 6.81. The summed E-state index contributed by atoms with van der Waals surface area (Å²) in [4.78, 5) is 78.0. The Morgan fingerprint density at radius 1 is 0.932 bits per heavy atom. The van der Waals surface area contributed by atoms with Crippen molar-refractivity contribution in [1.82, 2.24) is 9.91 Å². The molecule has 1 amide bonds. The third kappa shape index (κ3) is 12.8. The van der Waals surface area contributed by atoms with E-state index in [9.17, 15) is 54.3 Å². The molecule has 4 heterocycles. The molecular weight excluding hydrogens is 957 g/mol. The third-order valence-corrected chi connectivity index (χ3v) is 14.8. The number of hydrogen-bond donors (Lipinski definition) is 6. The Morgan fingerprint density at radius 3 is 2.20 bits per heavy atom. The summed E-state index contributed by atoms with van der Waals surface area (Å²) < 4.78 is 23.8. The Labute approximate surface area is 432 Å². The zero-order valence-electron chi connectivity index (χ0n) is 44.3. The van der Waals surface area contributed by atoms with E-state index in [-0.39, 0.29) is 75.6 Å². The summed E-state index contributed by atoms with van der Waals surface area (Å²) in [6.45, 7) is 24.5. The maximum atomic E-state index is 14.6. The van der Waals surface area contributed by atoms with Crippen molar-refractivity contribution in [3.05, 3.63) is 65.2 Å². The molecule has 2 aromatic rings. The second-order valence-corrected chi connectivity index (χ2v) is 20.8. The minimum atomic E-state index is -2.05. The molecule has 0 saturated carbocycles. The van der Waals surface area contributed by atoms with Crippen LogP contribution in [0.3, 0.4) is 0 Å². The standard InChI is InChI=1S/C55H74N4O15/c1-29-16-22-72-55(12)52(69)43-41-42(47(66)36(8)51(43)74-55)49(68)44(57-53(70)31(3)15-13-14-30(2)45(64)34(6)46(65)35(7)50(33(29)5)73-37(9)62)39(48(41)67)26-56-59-19-17-58(18-20-59)21-23-71-32(4)25-54(10,11)40(63)24-38(27-60)28-61/h13-16,22,26-30,33-35,38,45-46,50,64-68H,4,17-21,23-25H2,1-3,5-12H3,(H,57,70)/b14-13+,22-16+,31-15-,56-26-/t29-,30-,33+,34+,35+,45-,46+,50+,55-/m0/s1. The monoisotopic (exact) mass is 1030 g/mol. The number of esters is 1. The first-order valence-electron chi connectivity index (χ1n) is 25.0. The van der Waals surface area contributed by atoms with Crippen LogP contribution in [-0.4, -0.2) is 141 Å². The van der Waals surface area contributed by atoms with E-state index in [2.05, 4.69) is 21.9 Å². The molecule has 6 N–H and O–H groups in total. The summed E-state index contributed by atoms with van der Waals surface area (Å²) >= 11 is 0. The number of carbonyl (C=O) groups excluding carboxylic acids is 6. The molecule has 0 spiro atoms. The number of rotatable bonds is 14. The van der Waals surface area contributed by atoms with Gasteiger partial charge >= 0.3 is 11.8 Å². The van der Waals surface area contributed by atoms with Gasteiger partial charge in [-0.15, -0.1) is 0 Å². The fourth-order valence-electron chi connectivity index (χ4n) is 9.53. The summed E-state index contributed by atoms with van der Waals surface area (Å²) in [7, 11) is 0. The van der Waals surface area contributed by atoms with Crippen LogP contribution >= 0.6 is 0 Å². The number of carbonyl (C=O) groups is 6. The number of nitrogens with one attached hydrogen (secondary N) is 1. The second-order valence-electron chi connectivity index (χ2n) is 20.8. The highest BCUT2D eigenvalue weighted by molar-refractivity contribution is 6.24. The van der Waals surface area contributed by atoms with Crippen LogP contribution in [0.1, 0.15) is 104 Å². The maximum Gasteiger partial charge on any atom is 0.312 e. The van der Waals surface area contributed by atoms with Gasteiger partial charge in [0, 0.05) is 99.1 Å². The fourth-order valence-corrected chi connectivity index (χ4v) is 9.53. The van der Waals surface area contributed by atoms with Crippen molar-refractivity contribution < 1.29 is 73.2 Å². The number of anilines is 1. The lowest BCUT2D eigenvalue weighted by Crippen LogP contribution is -2.45. The number of fused-ring (bicyclic) bond motifs is 14. The average Bonchev–Trinajstić information content (AvgIpc) is 3.62. The summed E-state index contributed by atoms with van der Waals surface area (Å²) in [5.41, 5.74) is -1.44. The molecule has 0 radical (unpaired) electrons. The van der Waals surface area contributed by atoms with E-state index in [1.54, 1.807) is 57.9 Å². The number of ether oxygens (including phenoxy) is 4. The Kier molecular flexibility index (Phi) is 19.1. The predicted octanol–water partition coefficient (Wildman–Crippen LogP) is 6.25. The van der Waals surface area contributed by atoms with Gasteiger partial charge in [0.1, 0.15) is 48.3 Å². The number of piperazine rings is 1. The lowest BCUT2D eigenvalue weighted by Gasteiger charge is -2.37. The summed E-state index contributed by atoms with van der Waals surface area (Å²) in [6, 6.07) is 0. The first-order valence-corrected chi connectivity index (χ1v) is 25.0. The van der Waals surface area contributed by atoms with Crippen LogP contribution in [-0.2, 0) is 38.2 Å². The van der Waals surface area contributed by atoms with Gasteiger partial charge in [-0.1, -0.05) is 73.3 Å². The molecule has 5 bridgehead atoms. The molecule has 0 aliphatic carbocycles. The first-order chi connectivity index (χ1) is 34.7. The lowest BCUT2D eigenvalue weighted by molar-refractivity contribution is -0.158. The van der Waals surface area contributed by atoms with Crippen molar-refractivity contribution in [2.24, 2.45) is 46.0 Å².